The van der Waals surface area contributed by atoms with Crippen molar-refractivity contribution in [3.8, 4) is 11.1 Å². The maximum Gasteiger partial charge on any atom is 0.264 e. The molecule has 6 aromatic rings. The Morgan fingerprint density at radius 3 is 2.19 bits per heavy atom. The number of carbonyl (C=O) groups is 5. The molecular formula is C59H75N13O11. The van der Waals surface area contributed by atoms with Gasteiger partial charge in [0, 0.05) is 92.0 Å². The number of rotatable bonds is 31. The van der Waals surface area contributed by atoms with Gasteiger partial charge in [-0.2, -0.15) is 5.10 Å². The molecule has 0 aliphatic carbocycles. The van der Waals surface area contributed by atoms with Gasteiger partial charge in [0.2, 0.25) is 11.8 Å². The highest BCUT2D eigenvalue weighted by Gasteiger charge is 2.45. The fourth-order valence-electron chi connectivity index (χ4n) is 10.5. The number of ether oxygens (including phenoxy) is 5. The van der Waals surface area contributed by atoms with E-state index in [-0.39, 0.29) is 48.0 Å². The molecule has 7 heterocycles. The van der Waals surface area contributed by atoms with Crippen molar-refractivity contribution >= 4 is 51.9 Å². The van der Waals surface area contributed by atoms with Gasteiger partial charge < -0.3 is 44.2 Å². The lowest BCUT2D eigenvalue weighted by atomic mass is 10.0. The highest BCUT2D eigenvalue weighted by Crippen LogP contribution is 2.33. The summed E-state index contributed by atoms with van der Waals surface area (Å²) in [6.07, 6.45) is 8.72. The number of nitrogens with one attached hydrogen (secondary N) is 4. The van der Waals surface area contributed by atoms with Gasteiger partial charge in [0.25, 0.3) is 23.3 Å². The van der Waals surface area contributed by atoms with Crippen molar-refractivity contribution in [2.75, 3.05) is 116 Å². The number of benzene rings is 2. The number of amides is 5. The van der Waals surface area contributed by atoms with Crippen LogP contribution in [0.1, 0.15) is 99.2 Å². The lowest BCUT2D eigenvalue weighted by molar-refractivity contribution is -0.136. The lowest BCUT2D eigenvalue weighted by Crippen LogP contribution is -2.54. The summed E-state index contributed by atoms with van der Waals surface area (Å²) in [5.41, 5.74) is 6.91. The van der Waals surface area contributed by atoms with E-state index < -0.39 is 29.7 Å². The van der Waals surface area contributed by atoms with Crippen molar-refractivity contribution in [3.05, 3.63) is 117 Å². The maximum atomic E-state index is 13.8. The second-order valence-electron chi connectivity index (χ2n) is 21.1. The number of fused-ring (bicyclic) bond motifs is 2. The van der Waals surface area contributed by atoms with Crippen LogP contribution in [0.15, 0.2) is 71.9 Å². The molecule has 1 unspecified atom stereocenters. The zero-order valence-electron chi connectivity index (χ0n) is 47.8. The van der Waals surface area contributed by atoms with Crippen molar-refractivity contribution in [3.63, 3.8) is 0 Å². The number of carbonyl (C=O) groups excluding carboxylic acids is 5. The zero-order valence-corrected chi connectivity index (χ0v) is 47.8. The first-order chi connectivity index (χ1) is 40.3. The standard InChI is InChI=1S/C59H75N13O11/c1-39(2)72-51-34-43(33-46(48(51)37-63-72)55(74)62-36-47-40(3)32-41(4)64-56(47)75)42-11-13-52(61-35-42)69-19-17-68(18-20-69)16-6-5-8-44-38-70(67-66-44)21-23-80-25-27-82-29-31-83-30-28-81-26-24-79-22-15-60-49-10-7-9-45-54(49)59(78)71(58(45)77)50-12-14-53(73)65-57(50)76/h7,9-11,13,32-35,37-39,50,60H,5-6,8,12,14-31,36H2,1-4H3,(H,62,74)(H,64,75)(H,65,73,76). The molecule has 3 aliphatic rings. The number of hydrogen-bond donors (Lipinski definition) is 4. The molecule has 83 heavy (non-hydrogen) atoms. The highest BCUT2D eigenvalue weighted by atomic mass is 16.6. The van der Waals surface area contributed by atoms with Crippen LogP contribution in [-0.2, 0) is 52.8 Å². The Hall–Kier alpha value is -7.74. The van der Waals surface area contributed by atoms with E-state index in [1.54, 1.807) is 24.4 Å². The number of hydrogen-bond acceptors (Lipinski definition) is 18. The molecule has 1 atom stereocenters. The number of H-pyrrole nitrogens is 1. The molecule has 0 spiro atoms. The van der Waals surface area contributed by atoms with Crippen LogP contribution in [0.3, 0.4) is 0 Å². The molecule has 442 valence electrons. The topological polar surface area (TPSA) is 272 Å². The zero-order chi connectivity index (χ0) is 58.2. The quantitative estimate of drug-likeness (QED) is 0.0350. The third-order valence-electron chi connectivity index (χ3n) is 14.9. The van der Waals surface area contributed by atoms with Crippen LogP contribution < -0.4 is 26.4 Å². The Balaban J connectivity index is 0.574. The predicted molar refractivity (Wildman–Crippen MR) is 308 cm³/mol. The molecule has 4 N–H and O–H groups in total. The summed E-state index contributed by atoms with van der Waals surface area (Å²) in [5, 5.41) is 22.4. The van der Waals surface area contributed by atoms with E-state index in [0.29, 0.717) is 96.0 Å². The fourth-order valence-corrected chi connectivity index (χ4v) is 10.5. The number of unbranched alkanes of at least 4 members (excludes halogenated alkanes) is 1. The van der Waals surface area contributed by atoms with Crippen molar-refractivity contribution in [1.29, 1.82) is 0 Å². The lowest BCUT2D eigenvalue weighted by Gasteiger charge is -2.35. The normalized spacial score (nSPS) is 15.7. The number of piperazine rings is 1. The Morgan fingerprint density at radius 2 is 1.51 bits per heavy atom. The van der Waals surface area contributed by atoms with E-state index in [0.717, 1.165) is 102 Å². The highest BCUT2D eigenvalue weighted by molar-refractivity contribution is 6.25. The number of pyridine rings is 2. The van der Waals surface area contributed by atoms with Crippen LogP contribution in [0.5, 0.6) is 0 Å². The van der Waals surface area contributed by atoms with E-state index in [1.165, 1.54) is 0 Å². The smallest absolute Gasteiger partial charge is 0.264 e. The van der Waals surface area contributed by atoms with Crippen LogP contribution in [0.25, 0.3) is 22.0 Å². The minimum absolute atomic E-state index is 0.0593. The summed E-state index contributed by atoms with van der Waals surface area (Å²) >= 11 is 0. The third-order valence-corrected chi connectivity index (χ3v) is 14.9. The molecule has 24 heteroatoms. The van der Waals surface area contributed by atoms with Crippen molar-refractivity contribution in [2.45, 2.75) is 85.0 Å². The predicted octanol–water partition coefficient (Wildman–Crippen LogP) is 4.25. The Bertz CT molecular complexity index is 3280. The van der Waals surface area contributed by atoms with Crippen LogP contribution >= 0.6 is 0 Å². The summed E-state index contributed by atoms with van der Waals surface area (Å²) in [6.45, 7) is 17.8. The molecule has 2 aromatic carbocycles. The first-order valence-corrected chi connectivity index (χ1v) is 28.6. The number of piperidine rings is 1. The molecule has 2 saturated heterocycles. The Kier molecular flexibility index (Phi) is 20.9. The molecule has 0 radical (unpaired) electrons. The molecule has 2 fully saturated rings. The van der Waals surface area contributed by atoms with Gasteiger partial charge in [-0.15, -0.1) is 5.10 Å². The number of imide groups is 2. The monoisotopic (exact) mass is 1140 g/mol. The van der Waals surface area contributed by atoms with E-state index in [1.807, 2.05) is 47.7 Å². The molecule has 0 saturated carbocycles. The SMILES string of the molecule is Cc1cc(C)c(CNC(=O)c2cc(-c3ccc(N4CCN(CCCCc5cn(CCOCCOCCOCCOCCOCCNc6cccc7c6C(=O)N(C6CCC(=O)NC6=O)C7=O)nn5)CC4)nc3)cc3c2cnn3C(C)C)c(=O)[nH]1. The van der Waals surface area contributed by atoms with Crippen LogP contribution in [0.2, 0.25) is 0 Å². The maximum absolute atomic E-state index is 13.8. The Labute approximate surface area is 481 Å². The van der Waals surface area contributed by atoms with E-state index in [9.17, 15) is 28.8 Å². The van der Waals surface area contributed by atoms with E-state index in [4.69, 9.17) is 28.7 Å². The third kappa shape index (κ3) is 15.5. The van der Waals surface area contributed by atoms with Gasteiger partial charge in [0.15, 0.2) is 0 Å². The summed E-state index contributed by atoms with van der Waals surface area (Å²) in [4.78, 5) is 90.2. The van der Waals surface area contributed by atoms with Crippen LogP contribution in [-0.4, -0.2) is 185 Å². The van der Waals surface area contributed by atoms with Crippen LogP contribution in [0, 0.1) is 13.8 Å². The average molecular weight is 1140 g/mol. The van der Waals surface area contributed by atoms with Gasteiger partial charge in [-0.1, -0.05) is 11.3 Å². The molecule has 0 bridgehead atoms. The molecule has 24 nitrogen and oxygen atoms in total. The van der Waals surface area contributed by atoms with Crippen molar-refractivity contribution in [1.82, 2.24) is 55.2 Å². The average Bonchev–Trinajstić information content (AvgIpc) is 2.65. The number of aromatic nitrogens is 7. The van der Waals surface area contributed by atoms with Crippen molar-refractivity contribution in [2.24, 2.45) is 0 Å². The number of aryl methyl sites for hydroxylation is 3. The van der Waals surface area contributed by atoms with Crippen molar-refractivity contribution < 1.29 is 47.7 Å². The minimum Gasteiger partial charge on any atom is -0.382 e. The number of anilines is 2. The molecule has 3 aliphatic heterocycles. The van der Waals surface area contributed by atoms with Gasteiger partial charge in [0.05, 0.1) is 107 Å². The number of nitrogens with zero attached hydrogens (tertiary/aromatic N) is 9. The van der Waals surface area contributed by atoms with E-state index >= 15 is 0 Å². The van der Waals surface area contributed by atoms with E-state index in [2.05, 4.69) is 78.2 Å². The summed E-state index contributed by atoms with van der Waals surface area (Å²) in [7, 11) is 0. The van der Waals surface area contributed by atoms with Gasteiger partial charge in [-0.3, -0.25) is 48.6 Å². The molecule has 5 amide bonds. The van der Waals surface area contributed by atoms with Gasteiger partial charge >= 0.3 is 0 Å². The largest absolute Gasteiger partial charge is 0.382 e. The van der Waals surface area contributed by atoms with Gasteiger partial charge in [-0.25, -0.2) is 9.67 Å². The second-order valence-corrected chi connectivity index (χ2v) is 21.1. The van der Waals surface area contributed by atoms with Crippen LogP contribution in [0.4, 0.5) is 11.5 Å². The Morgan fingerprint density at radius 1 is 0.783 bits per heavy atom. The first kappa shape index (κ1) is 59.9. The fraction of sp³-hybridized carbons (Fsp3) is 0.492. The number of aromatic amines is 1. The first-order valence-electron chi connectivity index (χ1n) is 28.6. The second kappa shape index (κ2) is 29.0. The summed E-state index contributed by atoms with van der Waals surface area (Å²) < 4.78 is 31.9. The molecule has 4 aromatic heterocycles. The molecule has 9 rings (SSSR count). The van der Waals surface area contributed by atoms with Gasteiger partial charge in [-0.05, 0) is 114 Å². The molecular weight excluding hydrogens is 1070 g/mol. The summed E-state index contributed by atoms with van der Waals surface area (Å²) in [6, 6.07) is 14.0. The van der Waals surface area contributed by atoms with Gasteiger partial charge in [0.1, 0.15) is 11.9 Å². The minimum atomic E-state index is -1.02. The summed E-state index contributed by atoms with van der Waals surface area (Å²) in [5.74, 6) is -1.53.